The lowest BCUT2D eigenvalue weighted by Crippen LogP contribution is -2.70. The molecule has 0 rings (SSSR count). The van der Waals surface area contributed by atoms with E-state index in [0.717, 1.165) is 38.5 Å². The molecule has 0 aliphatic carbocycles. The van der Waals surface area contributed by atoms with Crippen molar-refractivity contribution >= 4 is 33.0 Å². The van der Waals surface area contributed by atoms with Crippen molar-refractivity contribution in [3.8, 4) is 0 Å². The quantitative estimate of drug-likeness (QED) is 0.0580. The summed E-state index contributed by atoms with van der Waals surface area (Å²) in [5, 5.41) is -0.501. The average Bonchev–Trinajstić information content (AvgIpc) is 2.92. The van der Waals surface area contributed by atoms with Crippen molar-refractivity contribution in [1.82, 2.24) is 0 Å². The zero-order valence-electron chi connectivity index (χ0n) is 32.7. The summed E-state index contributed by atoms with van der Waals surface area (Å²) in [7, 11) is -8.35. The van der Waals surface area contributed by atoms with Crippen LogP contribution < -0.4 is 0 Å². The topological polar surface area (TPSA) is 27.7 Å². The predicted octanol–water partition coefficient (Wildman–Crippen LogP) is 13.1. The van der Waals surface area contributed by atoms with E-state index < -0.39 is 33.0 Å². The van der Waals surface area contributed by atoms with Gasteiger partial charge in [-0.25, -0.2) is 0 Å². The van der Waals surface area contributed by atoms with E-state index in [1.165, 1.54) is 44.6 Å². The van der Waals surface area contributed by atoms with Crippen LogP contribution in [0.3, 0.4) is 0 Å². The van der Waals surface area contributed by atoms with Crippen molar-refractivity contribution < 1.29 is 13.3 Å². The monoisotopic (exact) mass is 673 g/mol. The van der Waals surface area contributed by atoms with E-state index in [2.05, 4.69) is 127 Å². The van der Waals surface area contributed by atoms with Crippen molar-refractivity contribution in [2.45, 2.75) is 218 Å². The van der Waals surface area contributed by atoms with Crippen LogP contribution in [0.1, 0.15) is 132 Å². The highest BCUT2D eigenvalue weighted by Crippen LogP contribution is 2.61. The van der Waals surface area contributed by atoms with Gasteiger partial charge in [0.25, 0.3) is 0 Å². The SMILES string of the molecule is C=CC(CC)(C(CC)(CC)O[Si](C)(C)C(CC)(CC)O[Si](C)(C)C)[Si](C)(CCCCCCCC)OC(C)(CC)[Si](C)(C)C. The van der Waals surface area contributed by atoms with Crippen molar-refractivity contribution in [3.05, 3.63) is 12.7 Å². The highest BCUT2D eigenvalue weighted by Gasteiger charge is 2.65. The van der Waals surface area contributed by atoms with E-state index >= 15 is 0 Å². The molecule has 0 aliphatic heterocycles. The molecule has 0 amide bonds. The molecule has 0 aromatic carbocycles. The molecule has 0 aliphatic rings. The van der Waals surface area contributed by atoms with Gasteiger partial charge in [0.05, 0.1) is 18.9 Å². The predicted molar refractivity (Wildman–Crippen MR) is 206 cm³/mol. The van der Waals surface area contributed by atoms with E-state index in [4.69, 9.17) is 13.3 Å². The third kappa shape index (κ3) is 9.76. The third-order valence-electron chi connectivity index (χ3n) is 11.7. The Morgan fingerprint density at radius 1 is 0.581 bits per heavy atom. The van der Waals surface area contributed by atoms with Crippen molar-refractivity contribution in [1.29, 1.82) is 0 Å². The fraction of sp³-hybridized carbons (Fsp3) is 0.944. The molecule has 0 fully saturated rings. The summed E-state index contributed by atoms with van der Waals surface area (Å²) in [5.74, 6) is 0. The van der Waals surface area contributed by atoms with Crippen LogP contribution in [0.25, 0.3) is 0 Å². The minimum absolute atomic E-state index is 0.0860. The zero-order chi connectivity index (χ0) is 34.0. The minimum atomic E-state index is -2.49. The minimum Gasteiger partial charge on any atom is -0.414 e. The summed E-state index contributed by atoms with van der Waals surface area (Å²) < 4.78 is 23.0. The van der Waals surface area contributed by atoms with Gasteiger partial charge in [-0.1, -0.05) is 113 Å². The van der Waals surface area contributed by atoms with E-state index in [1.807, 2.05) is 0 Å². The van der Waals surface area contributed by atoms with Gasteiger partial charge in [-0.3, -0.25) is 0 Å². The number of hydrogen-bond acceptors (Lipinski definition) is 3. The van der Waals surface area contributed by atoms with E-state index in [-0.39, 0.29) is 21.1 Å². The Morgan fingerprint density at radius 3 is 1.42 bits per heavy atom. The Balaban J connectivity index is 7.35. The van der Waals surface area contributed by atoms with Crippen LogP contribution in [0.4, 0.5) is 0 Å². The fourth-order valence-corrected chi connectivity index (χ4v) is 23.3. The van der Waals surface area contributed by atoms with Gasteiger partial charge in [0.1, 0.15) is 0 Å². The molecule has 7 heteroatoms. The number of hydrogen-bond donors (Lipinski definition) is 0. The highest BCUT2D eigenvalue weighted by atomic mass is 28.4. The maximum atomic E-state index is 7.93. The maximum Gasteiger partial charge on any atom is 0.217 e. The summed E-state index contributed by atoms with van der Waals surface area (Å²) in [6.45, 7) is 45.6. The third-order valence-corrected chi connectivity index (χ3v) is 25.8. The van der Waals surface area contributed by atoms with E-state index in [1.54, 1.807) is 0 Å². The first-order valence-corrected chi connectivity index (χ1v) is 30.8. The largest absolute Gasteiger partial charge is 0.414 e. The first-order valence-electron chi connectivity index (χ1n) is 18.3. The first-order chi connectivity index (χ1) is 19.6. The van der Waals surface area contributed by atoms with Gasteiger partial charge in [0.15, 0.2) is 8.32 Å². The standard InChI is InChI=1S/C36H80O3Si4/c1-19-27-28-29-30-31-32-43(18,37-33(9,20-2)40(10,11)12)35(23-5,24-6)34(21-3,22-4)38-42(16,17)36(25-7,26-8)39-41(13,14)15/h23H,5,19-22,24-32H2,1-4,6-18H3. The van der Waals surface area contributed by atoms with Crippen LogP contribution in [-0.4, -0.2) is 49.1 Å². The van der Waals surface area contributed by atoms with Gasteiger partial charge in [0.2, 0.25) is 16.6 Å². The molecule has 258 valence electrons. The van der Waals surface area contributed by atoms with Gasteiger partial charge >= 0.3 is 0 Å². The van der Waals surface area contributed by atoms with Crippen molar-refractivity contribution in [3.63, 3.8) is 0 Å². The smallest absolute Gasteiger partial charge is 0.217 e. The first kappa shape index (κ1) is 43.5. The molecule has 0 N–H and O–H groups in total. The molecule has 3 unspecified atom stereocenters. The van der Waals surface area contributed by atoms with Gasteiger partial charge in [-0.2, -0.15) is 0 Å². The molecule has 0 heterocycles. The molecule has 0 aromatic heterocycles. The Kier molecular flexibility index (Phi) is 17.2. The van der Waals surface area contributed by atoms with Crippen LogP contribution >= 0.6 is 0 Å². The molecule has 0 bridgehead atoms. The zero-order valence-corrected chi connectivity index (χ0v) is 36.7. The molecule has 43 heavy (non-hydrogen) atoms. The van der Waals surface area contributed by atoms with Crippen LogP contribution in [0.5, 0.6) is 0 Å². The summed E-state index contributed by atoms with van der Waals surface area (Å²) in [5.41, 5.74) is -0.338. The molecule has 0 radical (unpaired) electrons. The second-order valence-electron chi connectivity index (χ2n) is 16.4. The molecule has 0 saturated heterocycles. The van der Waals surface area contributed by atoms with Crippen LogP contribution in [-0.2, 0) is 13.3 Å². The van der Waals surface area contributed by atoms with Gasteiger partial charge < -0.3 is 13.3 Å². The van der Waals surface area contributed by atoms with E-state index in [0.29, 0.717) is 0 Å². The second kappa shape index (κ2) is 17.1. The molecular weight excluding hydrogens is 593 g/mol. The number of unbranched alkanes of at least 4 members (excludes halogenated alkanes) is 5. The Bertz CT molecular complexity index is 810. The van der Waals surface area contributed by atoms with E-state index in [9.17, 15) is 0 Å². The molecule has 3 atom stereocenters. The van der Waals surface area contributed by atoms with Crippen molar-refractivity contribution in [2.75, 3.05) is 0 Å². The fourth-order valence-electron chi connectivity index (χ4n) is 8.24. The van der Waals surface area contributed by atoms with Crippen molar-refractivity contribution in [2.24, 2.45) is 0 Å². The number of rotatable bonds is 24. The summed E-state index contributed by atoms with van der Waals surface area (Å²) in [6.07, 6.45) is 16.2. The molecule has 0 aromatic rings. The molecular formula is C36H80O3Si4. The van der Waals surface area contributed by atoms with Crippen LogP contribution in [0.2, 0.25) is 70.0 Å². The van der Waals surface area contributed by atoms with Gasteiger partial charge in [-0.05, 0) is 90.8 Å². The Hall–Kier alpha value is 0.488. The lowest BCUT2D eigenvalue weighted by molar-refractivity contribution is -0.0231. The summed E-state index contributed by atoms with van der Waals surface area (Å²) >= 11 is 0. The van der Waals surface area contributed by atoms with Gasteiger partial charge in [0, 0.05) is 10.3 Å². The molecule has 0 spiro atoms. The highest BCUT2D eigenvalue weighted by molar-refractivity contribution is 6.82. The summed E-state index contributed by atoms with van der Waals surface area (Å²) in [4.78, 5) is 0. The van der Waals surface area contributed by atoms with Crippen LogP contribution in [0, 0.1) is 0 Å². The normalized spacial score (nSPS) is 18.2. The lowest BCUT2D eigenvalue weighted by Gasteiger charge is -2.62. The lowest BCUT2D eigenvalue weighted by atomic mass is 9.80. The Labute approximate surface area is 276 Å². The van der Waals surface area contributed by atoms with Gasteiger partial charge in [-0.15, -0.1) is 6.58 Å². The average molecular weight is 673 g/mol. The summed E-state index contributed by atoms with van der Waals surface area (Å²) in [6, 6.07) is 1.17. The van der Waals surface area contributed by atoms with Crippen LogP contribution in [0.15, 0.2) is 12.7 Å². The Morgan fingerprint density at radius 2 is 1.07 bits per heavy atom. The maximum absolute atomic E-state index is 7.93. The molecule has 3 nitrogen and oxygen atoms in total. The second-order valence-corrected chi connectivity index (χ2v) is 34.6. The molecule has 0 saturated carbocycles.